The van der Waals surface area contributed by atoms with Gasteiger partial charge in [0.05, 0.1) is 83.5 Å². The summed E-state index contributed by atoms with van der Waals surface area (Å²) in [6, 6.07) is 13.7. The molecule has 76 heavy (non-hydrogen) atoms. The molecule has 18 nitrogen and oxygen atoms in total. The van der Waals surface area contributed by atoms with E-state index in [0.717, 1.165) is 111 Å². The molecule has 0 radical (unpaired) electrons. The van der Waals surface area contributed by atoms with E-state index in [9.17, 15) is 23.1 Å². The Morgan fingerprint density at radius 2 is 1.57 bits per heavy atom. The quantitative estimate of drug-likeness (QED) is 0.0247. The molecule has 7 N–H and O–H groups in total. The first-order chi connectivity index (χ1) is 36.7. The molecule has 4 aliphatic rings. The Morgan fingerprint density at radius 3 is 2.20 bits per heavy atom. The standard InChI is InChI=1S/C53H69FN11O7PS3/c1-32(2)71-52(66)61-36-11-6-35(7-12-36)51-57-28-47(75-51)44-18-16-39(24-48(44)76(55,69)42-30-70-31-42)60-49-25-40(63-64-49)10-5-33(3)72-53(67)62-37-13-8-34(9-14-37)50-56-27-46(74-50)43-17-15-38(23-45(43)73(68)21-4-22-73)59-41-26-58-65(29-41)20-19-54/h15-18,23-29,32-37,42,53,55,59,62,67H,4-14,19-22,30-31H2,1-3H3,(H,61,66)(H2,60,63,64). The summed E-state index contributed by atoms with van der Waals surface area (Å²) in [5, 5.41) is 38.3. The van der Waals surface area contributed by atoms with E-state index >= 15 is 0 Å². The molecule has 3 atom stereocenters. The summed E-state index contributed by atoms with van der Waals surface area (Å²) in [7, 11) is -5.73. The number of aromatic amines is 1. The van der Waals surface area contributed by atoms with E-state index in [2.05, 4.69) is 36.6 Å². The maximum absolute atomic E-state index is 14.2. The predicted molar refractivity (Wildman–Crippen MR) is 297 cm³/mol. The van der Waals surface area contributed by atoms with Gasteiger partial charge in [-0.25, -0.2) is 28.1 Å². The van der Waals surface area contributed by atoms with Gasteiger partial charge in [0.15, 0.2) is 5.82 Å². The number of halogens is 1. The second kappa shape index (κ2) is 23.9. The summed E-state index contributed by atoms with van der Waals surface area (Å²) in [5.41, 5.74) is 4.82. The van der Waals surface area contributed by atoms with Gasteiger partial charge in [0.25, 0.3) is 0 Å². The molecule has 3 unspecified atom stereocenters. The number of aromatic nitrogens is 6. The number of ether oxygens (including phenoxy) is 3. The molecule has 1 amide bonds. The van der Waals surface area contributed by atoms with Crippen LogP contribution < -0.4 is 26.6 Å². The lowest BCUT2D eigenvalue weighted by Crippen LogP contribution is -2.43. The van der Waals surface area contributed by atoms with Gasteiger partial charge in [-0.05, 0) is 116 Å². The molecule has 10 rings (SSSR count). The summed E-state index contributed by atoms with van der Waals surface area (Å²) in [6.07, 6.45) is 15.9. The molecule has 2 aromatic carbocycles. The third kappa shape index (κ3) is 12.9. The Bertz CT molecular complexity index is 3100. The molecule has 4 fully saturated rings. The van der Waals surface area contributed by atoms with Crippen LogP contribution in [-0.4, -0.2) is 114 Å². The Morgan fingerprint density at radius 1 is 0.908 bits per heavy atom. The van der Waals surface area contributed by atoms with E-state index in [4.69, 9.17) is 29.0 Å². The minimum absolute atomic E-state index is 0.0675. The van der Waals surface area contributed by atoms with Gasteiger partial charge in [-0.2, -0.15) is 10.2 Å². The maximum atomic E-state index is 14.2. The highest BCUT2D eigenvalue weighted by atomic mass is 32.2. The van der Waals surface area contributed by atoms with Gasteiger partial charge in [-0.1, -0.05) is 12.1 Å². The molecule has 2 aliphatic heterocycles. The highest BCUT2D eigenvalue weighted by molar-refractivity contribution is 7.93. The highest BCUT2D eigenvalue weighted by Crippen LogP contribution is 2.56. The number of aryl methyl sites for hydroxylation is 2. The lowest BCUT2D eigenvalue weighted by atomic mass is 9.86. The number of nitrogens with zero attached hydrogens (tertiary/aromatic N) is 5. The van der Waals surface area contributed by atoms with Crippen molar-refractivity contribution in [1.29, 1.82) is 4.78 Å². The summed E-state index contributed by atoms with van der Waals surface area (Å²) in [5.74, 6) is 1.13. The summed E-state index contributed by atoms with van der Waals surface area (Å²) >= 11 is 3.25. The van der Waals surface area contributed by atoms with Crippen LogP contribution in [-0.2, 0) is 41.5 Å². The number of alkyl halides is 1. The number of nitrogens with one attached hydrogen (secondary N) is 6. The fourth-order valence-electron chi connectivity index (χ4n) is 10.5. The number of carbonyl (C=O) groups excluding carboxylic acids is 1. The third-order valence-electron chi connectivity index (χ3n) is 15.0. The first kappa shape index (κ1) is 54.3. The zero-order valence-electron chi connectivity index (χ0n) is 43.2. The molecular weight excluding hydrogens is 1050 g/mol. The number of benzene rings is 2. The van der Waals surface area contributed by atoms with Crippen LogP contribution in [0.3, 0.4) is 0 Å². The largest absolute Gasteiger partial charge is 0.447 e. The smallest absolute Gasteiger partial charge is 0.407 e. The molecule has 2 saturated carbocycles. The zero-order chi connectivity index (χ0) is 53.0. The lowest BCUT2D eigenvalue weighted by Gasteiger charge is -2.30. The third-order valence-corrected chi connectivity index (χ3v) is 22.9. The van der Waals surface area contributed by atoms with E-state index in [1.807, 2.05) is 69.6 Å². The monoisotopic (exact) mass is 1120 g/mol. The van der Waals surface area contributed by atoms with Gasteiger partial charge in [-0.3, -0.25) is 15.1 Å². The number of rotatable bonds is 22. The van der Waals surface area contributed by atoms with E-state index in [0.29, 0.717) is 47.5 Å². The van der Waals surface area contributed by atoms with Gasteiger partial charge >= 0.3 is 6.09 Å². The maximum Gasteiger partial charge on any atom is 0.407 e. The van der Waals surface area contributed by atoms with Crippen LogP contribution in [0.2, 0.25) is 0 Å². The SMILES string of the molecule is CC(C)OC(=O)NC1CCC(c2ncc(-c3ccc(Nc4cc(CCC(C)OC(O)NC5CCC(c6ncc(-c7ccc(Nc8cnn(CCF)c8)cc7P7(=O)CCC7)s6)CC5)[nH]n4)cc3S(=N)(=O)C3COC3)s2)CC1. The molecule has 23 heteroatoms. The first-order valence-electron chi connectivity index (χ1n) is 26.6. The molecule has 0 bridgehead atoms. The van der Waals surface area contributed by atoms with Crippen molar-refractivity contribution < 1.29 is 37.3 Å². The fourth-order valence-corrected chi connectivity index (χ4v) is 17.0. The van der Waals surface area contributed by atoms with Gasteiger partial charge < -0.3 is 39.8 Å². The predicted octanol–water partition coefficient (Wildman–Crippen LogP) is 10.6. The highest BCUT2D eigenvalue weighted by Gasteiger charge is 2.37. The summed E-state index contributed by atoms with van der Waals surface area (Å²) in [4.78, 5) is 24.2. The summed E-state index contributed by atoms with van der Waals surface area (Å²) in [6.45, 7) is 5.87. The van der Waals surface area contributed by atoms with Crippen LogP contribution in [0.4, 0.5) is 32.1 Å². The van der Waals surface area contributed by atoms with Crippen molar-refractivity contribution >= 4 is 73.8 Å². The van der Waals surface area contributed by atoms with E-state index in [1.54, 1.807) is 45.8 Å². The van der Waals surface area contributed by atoms with Crippen LogP contribution >= 0.6 is 29.8 Å². The number of aliphatic hydroxyl groups excluding tert-OH is 1. The topological polar surface area (TPSA) is 243 Å². The number of H-pyrrole nitrogens is 1. The van der Waals surface area contributed by atoms with Crippen molar-refractivity contribution in [3.05, 3.63) is 83.0 Å². The van der Waals surface area contributed by atoms with Crippen LogP contribution in [0.5, 0.6) is 0 Å². The summed E-state index contributed by atoms with van der Waals surface area (Å²) < 4.78 is 68.5. The normalized spacial score (nSPS) is 22.2. The molecule has 6 aromatic rings. The average Bonchev–Trinajstić information content (AvgIpc) is 4.23. The fraction of sp³-hybridized carbons (Fsp3) is 0.528. The number of hydrogen-bond acceptors (Lipinski definition) is 17. The number of hydrogen-bond donors (Lipinski definition) is 7. The van der Waals surface area contributed by atoms with E-state index in [-0.39, 0.29) is 56.1 Å². The minimum atomic E-state index is -3.23. The molecule has 408 valence electrons. The van der Waals surface area contributed by atoms with Gasteiger partial charge in [0, 0.05) is 94.4 Å². The first-order valence-corrected chi connectivity index (χ1v) is 31.9. The van der Waals surface area contributed by atoms with Crippen molar-refractivity contribution in [2.24, 2.45) is 0 Å². The molecule has 4 aromatic heterocycles. The van der Waals surface area contributed by atoms with Crippen molar-refractivity contribution in [3.63, 3.8) is 0 Å². The molecule has 2 saturated heterocycles. The molecule has 6 heterocycles. The number of thiazole rings is 2. The van der Waals surface area contributed by atoms with E-state index in [1.165, 1.54) is 0 Å². The van der Waals surface area contributed by atoms with Gasteiger partial charge in [0.1, 0.15) is 13.8 Å². The number of amides is 1. The molecule has 0 spiro atoms. The van der Waals surface area contributed by atoms with Crippen molar-refractivity contribution in [3.8, 4) is 20.9 Å². The Kier molecular flexibility index (Phi) is 17.1. The van der Waals surface area contributed by atoms with Crippen LogP contribution in [0.1, 0.15) is 113 Å². The second-order valence-corrected chi connectivity index (χ2v) is 28.5. The number of alkyl carbamates (subject to hydrolysis) is 1. The van der Waals surface area contributed by atoms with Crippen LogP contribution in [0.15, 0.2) is 72.1 Å². The Balaban J connectivity index is 0.690. The zero-order valence-corrected chi connectivity index (χ0v) is 46.5. The van der Waals surface area contributed by atoms with Crippen LogP contribution in [0.25, 0.3) is 20.9 Å². The van der Waals surface area contributed by atoms with Crippen LogP contribution in [0, 0.1) is 4.78 Å². The number of aliphatic hydroxyl groups is 1. The second-order valence-electron chi connectivity index (χ2n) is 20.9. The Hall–Kier alpha value is -5.06. The molecular formula is C53H69FN11O7PS3. The van der Waals surface area contributed by atoms with Crippen molar-refractivity contribution in [1.82, 2.24) is 40.6 Å². The lowest BCUT2D eigenvalue weighted by molar-refractivity contribution is -0.156. The number of anilines is 4. The van der Waals surface area contributed by atoms with E-state index < -0.39 is 35.2 Å². The average molecular weight is 1120 g/mol. The van der Waals surface area contributed by atoms with Crippen molar-refractivity contribution in [2.75, 3.05) is 42.8 Å². The van der Waals surface area contributed by atoms with Gasteiger partial charge in [0.2, 0.25) is 6.41 Å². The molecule has 2 aliphatic carbocycles. The number of carbonyl (C=O) groups is 1. The van der Waals surface area contributed by atoms with Gasteiger partial charge in [-0.15, -0.1) is 22.7 Å². The minimum Gasteiger partial charge on any atom is -0.447 e. The van der Waals surface area contributed by atoms with Crippen molar-refractivity contribution in [2.45, 2.75) is 151 Å². The Labute approximate surface area is 451 Å².